The lowest BCUT2D eigenvalue weighted by Crippen LogP contribution is -2.50. The first-order valence-corrected chi connectivity index (χ1v) is 4.76. The predicted molar refractivity (Wildman–Crippen MR) is 49.3 cm³/mol. The van der Waals surface area contributed by atoms with E-state index in [9.17, 15) is 9.18 Å². The van der Waals surface area contributed by atoms with Gasteiger partial charge >= 0.3 is 0 Å². The molecule has 76 valence electrons. The SMILES string of the molecule is CCN1CCC(F)(C(=O)NC)CC1. The van der Waals surface area contributed by atoms with Gasteiger partial charge in [0.1, 0.15) is 0 Å². The minimum atomic E-state index is -1.62. The summed E-state index contributed by atoms with van der Waals surface area (Å²) in [6.45, 7) is 4.34. The zero-order valence-electron chi connectivity index (χ0n) is 8.27. The molecular formula is C9H17FN2O. The molecule has 0 aromatic rings. The topological polar surface area (TPSA) is 32.3 Å². The molecule has 1 N–H and O–H groups in total. The van der Waals surface area contributed by atoms with Crippen molar-refractivity contribution in [2.24, 2.45) is 0 Å². The first kappa shape index (κ1) is 10.4. The van der Waals surface area contributed by atoms with E-state index in [1.165, 1.54) is 7.05 Å². The second-order valence-electron chi connectivity index (χ2n) is 3.48. The van der Waals surface area contributed by atoms with Gasteiger partial charge in [-0.05, 0) is 6.54 Å². The van der Waals surface area contributed by atoms with E-state index < -0.39 is 11.6 Å². The van der Waals surface area contributed by atoms with Gasteiger partial charge in [-0.3, -0.25) is 4.79 Å². The number of carbonyl (C=O) groups is 1. The lowest BCUT2D eigenvalue weighted by atomic mass is 9.92. The quantitative estimate of drug-likeness (QED) is 0.686. The van der Waals surface area contributed by atoms with E-state index >= 15 is 0 Å². The molecule has 0 unspecified atom stereocenters. The van der Waals surface area contributed by atoms with Crippen molar-refractivity contribution in [1.29, 1.82) is 0 Å². The third-order valence-electron chi connectivity index (χ3n) is 2.73. The molecule has 0 bridgehead atoms. The molecule has 0 saturated carbocycles. The van der Waals surface area contributed by atoms with Crippen molar-refractivity contribution in [3.8, 4) is 0 Å². The third kappa shape index (κ3) is 2.18. The van der Waals surface area contributed by atoms with Crippen LogP contribution in [0.5, 0.6) is 0 Å². The first-order valence-electron chi connectivity index (χ1n) is 4.76. The van der Waals surface area contributed by atoms with E-state index in [0.717, 1.165) is 6.54 Å². The number of likely N-dealkylation sites (tertiary alicyclic amines) is 1. The second kappa shape index (κ2) is 4.05. The minimum absolute atomic E-state index is 0.320. The Hall–Kier alpha value is -0.640. The van der Waals surface area contributed by atoms with Gasteiger partial charge < -0.3 is 10.2 Å². The molecule has 1 amide bonds. The Morgan fingerprint density at radius 3 is 2.46 bits per heavy atom. The number of alkyl halides is 1. The Bertz CT molecular complexity index is 188. The number of carbonyl (C=O) groups excluding carboxylic acids is 1. The Morgan fingerprint density at radius 1 is 1.54 bits per heavy atom. The maximum absolute atomic E-state index is 13.8. The fourth-order valence-electron chi connectivity index (χ4n) is 1.67. The lowest BCUT2D eigenvalue weighted by molar-refractivity contribution is -0.135. The molecule has 3 nitrogen and oxygen atoms in total. The van der Waals surface area contributed by atoms with E-state index in [-0.39, 0.29) is 0 Å². The van der Waals surface area contributed by atoms with E-state index in [1.807, 2.05) is 6.92 Å². The lowest BCUT2D eigenvalue weighted by Gasteiger charge is -2.34. The minimum Gasteiger partial charge on any atom is -0.356 e. The summed E-state index contributed by atoms with van der Waals surface area (Å²) in [5.74, 6) is -0.469. The van der Waals surface area contributed by atoms with Crippen LogP contribution in [0.3, 0.4) is 0 Å². The summed E-state index contributed by atoms with van der Waals surface area (Å²) in [7, 11) is 1.48. The van der Waals surface area contributed by atoms with Gasteiger partial charge in [0.2, 0.25) is 0 Å². The maximum Gasteiger partial charge on any atom is 0.257 e. The highest BCUT2D eigenvalue weighted by molar-refractivity contribution is 5.84. The monoisotopic (exact) mass is 188 g/mol. The zero-order valence-corrected chi connectivity index (χ0v) is 8.27. The fourth-order valence-corrected chi connectivity index (χ4v) is 1.67. The van der Waals surface area contributed by atoms with Gasteiger partial charge in [-0.2, -0.15) is 0 Å². The van der Waals surface area contributed by atoms with E-state index in [1.54, 1.807) is 0 Å². The Kier molecular flexibility index (Phi) is 3.25. The molecule has 1 aliphatic rings. The summed E-state index contributed by atoms with van der Waals surface area (Å²) in [6.07, 6.45) is 0.640. The summed E-state index contributed by atoms with van der Waals surface area (Å²) in [6, 6.07) is 0. The molecule has 0 aliphatic carbocycles. The van der Waals surface area contributed by atoms with E-state index in [0.29, 0.717) is 25.9 Å². The maximum atomic E-state index is 13.8. The number of halogens is 1. The van der Waals surface area contributed by atoms with Gasteiger partial charge in [0.05, 0.1) is 0 Å². The number of nitrogens with zero attached hydrogens (tertiary/aromatic N) is 1. The van der Waals surface area contributed by atoms with Crippen LogP contribution in [-0.2, 0) is 4.79 Å². The second-order valence-corrected chi connectivity index (χ2v) is 3.48. The number of amides is 1. The molecule has 1 saturated heterocycles. The van der Waals surface area contributed by atoms with Crippen LogP contribution in [0, 0.1) is 0 Å². The van der Waals surface area contributed by atoms with E-state index in [2.05, 4.69) is 10.2 Å². The van der Waals surface area contributed by atoms with E-state index in [4.69, 9.17) is 0 Å². The van der Waals surface area contributed by atoms with Crippen LogP contribution < -0.4 is 5.32 Å². The van der Waals surface area contributed by atoms with Crippen LogP contribution in [0.2, 0.25) is 0 Å². The zero-order chi connectivity index (χ0) is 9.90. The Balaban J connectivity index is 2.51. The van der Waals surface area contributed by atoms with Gasteiger partial charge in [0.25, 0.3) is 5.91 Å². The van der Waals surface area contributed by atoms with Crippen LogP contribution in [0.4, 0.5) is 4.39 Å². The van der Waals surface area contributed by atoms with Gasteiger partial charge in [0, 0.05) is 33.0 Å². The summed E-state index contributed by atoms with van der Waals surface area (Å²) >= 11 is 0. The summed E-state index contributed by atoms with van der Waals surface area (Å²) in [4.78, 5) is 13.3. The molecule has 1 rings (SSSR count). The largest absolute Gasteiger partial charge is 0.356 e. The van der Waals surface area contributed by atoms with Crippen molar-refractivity contribution < 1.29 is 9.18 Å². The number of hydrogen-bond acceptors (Lipinski definition) is 2. The average Bonchev–Trinajstić information content (AvgIpc) is 2.18. The summed E-state index contributed by atoms with van der Waals surface area (Å²) in [5, 5.41) is 2.38. The molecule has 0 radical (unpaired) electrons. The molecule has 13 heavy (non-hydrogen) atoms. The standard InChI is InChI=1S/C9H17FN2O/c1-3-12-6-4-9(10,5-7-12)8(13)11-2/h3-7H2,1-2H3,(H,11,13). The number of hydrogen-bond donors (Lipinski definition) is 1. The first-order chi connectivity index (χ1) is 6.12. The number of piperidine rings is 1. The smallest absolute Gasteiger partial charge is 0.257 e. The molecule has 1 fully saturated rings. The Morgan fingerprint density at radius 2 is 2.08 bits per heavy atom. The fraction of sp³-hybridized carbons (Fsp3) is 0.889. The van der Waals surface area contributed by atoms with Crippen molar-refractivity contribution in [3.63, 3.8) is 0 Å². The van der Waals surface area contributed by atoms with Crippen molar-refractivity contribution in [2.45, 2.75) is 25.4 Å². The van der Waals surface area contributed by atoms with Crippen LogP contribution in [-0.4, -0.2) is 43.2 Å². The molecule has 0 aromatic carbocycles. The van der Waals surface area contributed by atoms with Gasteiger partial charge in [0.15, 0.2) is 5.67 Å². The molecule has 0 atom stereocenters. The van der Waals surface area contributed by atoms with Gasteiger partial charge in [-0.15, -0.1) is 0 Å². The number of nitrogens with one attached hydrogen (secondary N) is 1. The molecule has 1 aliphatic heterocycles. The molecule has 4 heteroatoms. The van der Waals surface area contributed by atoms with Crippen LogP contribution >= 0.6 is 0 Å². The normalized spacial score (nSPS) is 22.7. The number of rotatable bonds is 2. The molecule has 1 heterocycles. The van der Waals surface area contributed by atoms with Gasteiger partial charge in [-0.25, -0.2) is 4.39 Å². The van der Waals surface area contributed by atoms with Crippen molar-refractivity contribution >= 4 is 5.91 Å². The van der Waals surface area contributed by atoms with Crippen molar-refractivity contribution in [1.82, 2.24) is 10.2 Å². The summed E-state index contributed by atoms with van der Waals surface area (Å²) < 4.78 is 13.8. The summed E-state index contributed by atoms with van der Waals surface area (Å²) in [5.41, 5.74) is -1.62. The third-order valence-corrected chi connectivity index (χ3v) is 2.73. The van der Waals surface area contributed by atoms with Crippen LogP contribution in [0.25, 0.3) is 0 Å². The molecule has 0 aromatic heterocycles. The average molecular weight is 188 g/mol. The van der Waals surface area contributed by atoms with Gasteiger partial charge in [-0.1, -0.05) is 6.92 Å². The van der Waals surface area contributed by atoms with Crippen molar-refractivity contribution in [2.75, 3.05) is 26.7 Å². The predicted octanol–water partition coefficient (Wildman–Crippen LogP) is 0.556. The molecule has 0 spiro atoms. The highest BCUT2D eigenvalue weighted by atomic mass is 19.1. The highest BCUT2D eigenvalue weighted by Crippen LogP contribution is 2.26. The Labute approximate surface area is 78.3 Å². The van der Waals surface area contributed by atoms with Crippen molar-refractivity contribution in [3.05, 3.63) is 0 Å². The molecular weight excluding hydrogens is 171 g/mol. The van der Waals surface area contributed by atoms with Crippen LogP contribution in [0.15, 0.2) is 0 Å². The highest BCUT2D eigenvalue weighted by Gasteiger charge is 2.40. The van der Waals surface area contributed by atoms with Crippen LogP contribution in [0.1, 0.15) is 19.8 Å².